The number of carbonyl (C=O) groups is 1. The first kappa shape index (κ1) is 18.4. The molecule has 142 valence electrons. The second-order valence-electron chi connectivity index (χ2n) is 6.49. The summed E-state index contributed by atoms with van der Waals surface area (Å²) in [6.07, 6.45) is 3.02. The summed E-state index contributed by atoms with van der Waals surface area (Å²) in [6, 6.07) is 12.6. The van der Waals surface area contributed by atoms with Crippen LogP contribution in [0, 0.1) is 6.92 Å². The van der Waals surface area contributed by atoms with E-state index in [9.17, 15) is 13.2 Å². The number of thiazole rings is 1. The molecular formula is C20H17N3O3S2. The Hall–Kier alpha value is -2.97. The van der Waals surface area contributed by atoms with Crippen molar-refractivity contribution in [1.82, 2.24) is 9.97 Å². The molecule has 8 heteroatoms. The highest BCUT2D eigenvalue weighted by molar-refractivity contribution is 7.90. The van der Waals surface area contributed by atoms with E-state index in [1.807, 2.05) is 35.8 Å². The first-order valence-corrected chi connectivity index (χ1v) is 11.2. The van der Waals surface area contributed by atoms with E-state index in [2.05, 4.69) is 15.3 Å². The third-order valence-electron chi connectivity index (χ3n) is 4.44. The number of aromatic nitrogens is 2. The molecule has 6 nitrogen and oxygen atoms in total. The Bertz CT molecular complexity index is 1300. The first-order chi connectivity index (χ1) is 13.3. The lowest BCUT2D eigenvalue weighted by atomic mass is 10.1. The molecule has 0 atom stereocenters. The maximum Gasteiger partial charge on any atom is 0.257 e. The van der Waals surface area contributed by atoms with Crippen LogP contribution in [0.25, 0.3) is 22.2 Å². The molecule has 0 saturated carbocycles. The van der Waals surface area contributed by atoms with Gasteiger partial charge in [-0.2, -0.15) is 0 Å². The van der Waals surface area contributed by atoms with Gasteiger partial charge in [0.1, 0.15) is 0 Å². The fraction of sp³-hybridized carbons (Fsp3) is 0.100. The monoisotopic (exact) mass is 411 g/mol. The highest BCUT2D eigenvalue weighted by atomic mass is 32.2. The Labute approximate surface area is 166 Å². The molecule has 2 aromatic heterocycles. The number of nitrogens with one attached hydrogen (secondary N) is 2. The summed E-state index contributed by atoms with van der Waals surface area (Å²) in [4.78, 5) is 20.4. The Kier molecular flexibility index (Phi) is 4.52. The number of H-pyrrole nitrogens is 1. The van der Waals surface area contributed by atoms with Gasteiger partial charge in [-0.1, -0.05) is 24.3 Å². The van der Waals surface area contributed by atoms with Crippen LogP contribution in [0.5, 0.6) is 0 Å². The molecule has 0 saturated heterocycles. The van der Waals surface area contributed by atoms with Crippen molar-refractivity contribution in [3.05, 3.63) is 65.2 Å². The molecule has 4 aromatic rings. The van der Waals surface area contributed by atoms with Crippen molar-refractivity contribution < 1.29 is 13.2 Å². The van der Waals surface area contributed by atoms with Crippen LogP contribution in [0.15, 0.2) is 58.9 Å². The predicted octanol–water partition coefficient (Wildman–Crippen LogP) is 4.26. The van der Waals surface area contributed by atoms with Gasteiger partial charge in [0.2, 0.25) is 0 Å². The fourth-order valence-corrected chi connectivity index (χ4v) is 4.75. The molecule has 0 bridgehead atoms. The van der Waals surface area contributed by atoms with Crippen molar-refractivity contribution in [2.24, 2.45) is 0 Å². The van der Waals surface area contributed by atoms with Gasteiger partial charge in [0.05, 0.1) is 10.6 Å². The Balaban J connectivity index is 1.60. The maximum atomic E-state index is 12.6. The van der Waals surface area contributed by atoms with Crippen molar-refractivity contribution in [1.29, 1.82) is 0 Å². The number of para-hydroxylation sites is 1. The number of anilines is 1. The van der Waals surface area contributed by atoms with Crippen molar-refractivity contribution in [2.45, 2.75) is 11.8 Å². The normalized spacial score (nSPS) is 11.6. The highest BCUT2D eigenvalue weighted by Crippen LogP contribution is 2.31. The van der Waals surface area contributed by atoms with Crippen molar-refractivity contribution in [3.63, 3.8) is 0 Å². The molecule has 2 aromatic carbocycles. The summed E-state index contributed by atoms with van der Waals surface area (Å²) in [5.41, 5.74) is 3.62. The van der Waals surface area contributed by atoms with Crippen LogP contribution in [-0.2, 0) is 9.84 Å². The van der Waals surface area contributed by atoms with E-state index in [4.69, 9.17) is 0 Å². The topological polar surface area (TPSA) is 91.9 Å². The summed E-state index contributed by atoms with van der Waals surface area (Å²) in [6.45, 7) is 1.70. The van der Waals surface area contributed by atoms with Gasteiger partial charge in [-0.05, 0) is 30.7 Å². The minimum Gasteiger partial charge on any atom is -0.360 e. The molecule has 0 aliphatic rings. The van der Waals surface area contributed by atoms with Crippen molar-refractivity contribution >= 4 is 43.1 Å². The number of carbonyl (C=O) groups excluding carboxylic acids is 1. The second kappa shape index (κ2) is 6.88. The number of rotatable bonds is 4. The van der Waals surface area contributed by atoms with E-state index in [0.29, 0.717) is 10.7 Å². The minimum absolute atomic E-state index is 0.152. The molecule has 0 aliphatic heterocycles. The molecule has 28 heavy (non-hydrogen) atoms. The fourth-order valence-electron chi connectivity index (χ4n) is 3.05. The van der Waals surface area contributed by atoms with Crippen LogP contribution in [-0.4, -0.2) is 30.5 Å². The molecule has 0 spiro atoms. The van der Waals surface area contributed by atoms with E-state index in [0.717, 1.165) is 28.4 Å². The number of amides is 1. The number of fused-ring (bicyclic) bond motifs is 1. The van der Waals surface area contributed by atoms with Crippen LogP contribution in [0.1, 0.15) is 15.9 Å². The molecule has 0 fully saturated rings. The van der Waals surface area contributed by atoms with E-state index in [1.165, 1.54) is 17.4 Å². The lowest BCUT2D eigenvalue weighted by Crippen LogP contribution is -2.13. The molecule has 0 radical (unpaired) electrons. The third-order valence-corrected chi connectivity index (χ3v) is 6.44. The van der Waals surface area contributed by atoms with Crippen LogP contribution in [0.4, 0.5) is 5.13 Å². The molecule has 0 aliphatic carbocycles. The van der Waals surface area contributed by atoms with Gasteiger partial charge in [0.25, 0.3) is 5.91 Å². The number of hydrogen-bond acceptors (Lipinski definition) is 5. The minimum atomic E-state index is -3.41. The lowest BCUT2D eigenvalue weighted by molar-refractivity contribution is 0.102. The van der Waals surface area contributed by atoms with Gasteiger partial charge in [0.15, 0.2) is 15.0 Å². The lowest BCUT2D eigenvalue weighted by Gasteiger charge is -2.07. The molecule has 2 N–H and O–H groups in total. The third kappa shape index (κ3) is 3.44. The van der Waals surface area contributed by atoms with Gasteiger partial charge in [-0.25, -0.2) is 13.4 Å². The molecule has 1 amide bonds. The van der Waals surface area contributed by atoms with Crippen molar-refractivity contribution in [3.8, 4) is 11.3 Å². The zero-order valence-corrected chi connectivity index (χ0v) is 16.8. The Morgan fingerprint density at radius 3 is 2.75 bits per heavy atom. The predicted molar refractivity (Wildman–Crippen MR) is 112 cm³/mol. The van der Waals surface area contributed by atoms with E-state index < -0.39 is 15.7 Å². The number of sulfone groups is 1. The largest absolute Gasteiger partial charge is 0.360 e. The summed E-state index contributed by atoms with van der Waals surface area (Å²) in [5, 5.41) is 6.14. The van der Waals surface area contributed by atoms with Gasteiger partial charge < -0.3 is 4.98 Å². The smallest absolute Gasteiger partial charge is 0.257 e. The summed E-state index contributed by atoms with van der Waals surface area (Å²) < 4.78 is 23.8. The maximum absolute atomic E-state index is 12.6. The van der Waals surface area contributed by atoms with Crippen LogP contribution in [0.3, 0.4) is 0 Å². The standard InChI is InChI=1S/C20H17N3O3S2/c1-12-7-8-13(9-18(12)28(2,25)26)19(24)23-20-22-17(11-27-20)15-10-21-16-6-4-3-5-14(15)16/h3-11,21H,1-2H3,(H,22,23,24). The van der Waals surface area contributed by atoms with Crippen LogP contribution >= 0.6 is 11.3 Å². The Morgan fingerprint density at radius 1 is 1.18 bits per heavy atom. The summed E-state index contributed by atoms with van der Waals surface area (Å²) in [5.74, 6) is -0.398. The second-order valence-corrected chi connectivity index (χ2v) is 9.33. The highest BCUT2D eigenvalue weighted by Gasteiger charge is 2.16. The number of hydrogen-bond donors (Lipinski definition) is 2. The van der Waals surface area contributed by atoms with E-state index >= 15 is 0 Å². The van der Waals surface area contributed by atoms with Gasteiger partial charge >= 0.3 is 0 Å². The SMILES string of the molecule is Cc1ccc(C(=O)Nc2nc(-c3c[nH]c4ccccc34)cs2)cc1S(C)(=O)=O. The first-order valence-electron chi connectivity index (χ1n) is 8.47. The van der Waals surface area contributed by atoms with Crippen molar-refractivity contribution in [2.75, 3.05) is 11.6 Å². The van der Waals surface area contributed by atoms with E-state index in [-0.39, 0.29) is 10.5 Å². The zero-order valence-electron chi connectivity index (χ0n) is 15.2. The summed E-state index contributed by atoms with van der Waals surface area (Å²) >= 11 is 1.32. The average molecular weight is 412 g/mol. The number of aryl methyl sites for hydroxylation is 1. The quantitative estimate of drug-likeness (QED) is 0.525. The van der Waals surface area contributed by atoms with Gasteiger partial charge in [-0.15, -0.1) is 11.3 Å². The number of nitrogens with zero attached hydrogens (tertiary/aromatic N) is 1. The van der Waals surface area contributed by atoms with Crippen LogP contribution < -0.4 is 5.32 Å². The number of benzene rings is 2. The Morgan fingerprint density at radius 2 is 1.96 bits per heavy atom. The molecule has 2 heterocycles. The molecular weight excluding hydrogens is 394 g/mol. The average Bonchev–Trinajstić information content (AvgIpc) is 3.27. The molecule has 0 unspecified atom stereocenters. The van der Waals surface area contributed by atoms with Gasteiger partial charge in [-0.3, -0.25) is 10.1 Å². The van der Waals surface area contributed by atoms with E-state index in [1.54, 1.807) is 19.1 Å². The van der Waals surface area contributed by atoms with Crippen LogP contribution in [0.2, 0.25) is 0 Å². The van der Waals surface area contributed by atoms with Gasteiger partial charge in [0, 0.05) is 39.9 Å². The zero-order chi connectivity index (χ0) is 19.9. The molecule has 4 rings (SSSR count). The summed E-state index contributed by atoms with van der Waals surface area (Å²) in [7, 11) is -3.41. The number of aromatic amines is 1.